The van der Waals surface area contributed by atoms with Gasteiger partial charge in [-0.25, -0.2) is 0 Å². The Labute approximate surface area is 168 Å². The molecule has 0 aromatic heterocycles. The summed E-state index contributed by atoms with van der Waals surface area (Å²) in [4.78, 5) is 10.6. The van der Waals surface area contributed by atoms with Gasteiger partial charge in [-0.15, -0.1) is 0 Å². The van der Waals surface area contributed by atoms with Gasteiger partial charge in [0.2, 0.25) is 0 Å². The fourth-order valence-corrected chi connectivity index (χ4v) is 7.19. The second-order valence-electron chi connectivity index (χ2n) is 8.61. The average molecular weight is 396 g/mol. The number of hydrogen-bond acceptors (Lipinski definition) is 6. The van der Waals surface area contributed by atoms with Crippen molar-refractivity contribution in [3.63, 3.8) is 0 Å². The predicted molar refractivity (Wildman–Crippen MR) is 113 cm³/mol. The number of aliphatic imine (C=N–C) groups is 1. The Morgan fingerprint density at radius 1 is 0.926 bits per heavy atom. The molecule has 2 aliphatic heterocycles. The van der Waals surface area contributed by atoms with Crippen LogP contribution < -0.4 is 0 Å². The first kappa shape index (κ1) is 20.0. The summed E-state index contributed by atoms with van der Waals surface area (Å²) in [5, 5.41) is 10.4. The zero-order valence-corrected chi connectivity index (χ0v) is 17.5. The summed E-state index contributed by atoms with van der Waals surface area (Å²) in [6, 6.07) is 0.578. The minimum atomic E-state index is 0.121. The van der Waals surface area contributed by atoms with E-state index >= 15 is 0 Å². The van der Waals surface area contributed by atoms with Gasteiger partial charge in [-0.1, -0.05) is 25.7 Å². The number of aliphatic hydroxyl groups excluding tert-OH is 1. The summed E-state index contributed by atoms with van der Waals surface area (Å²) < 4.78 is 5.44. The van der Waals surface area contributed by atoms with E-state index in [1.807, 2.05) is 0 Å². The maximum atomic E-state index is 8.82. The van der Waals surface area contributed by atoms with Gasteiger partial charge in [-0.3, -0.25) is 9.89 Å². The van der Waals surface area contributed by atoms with Crippen molar-refractivity contribution in [3.05, 3.63) is 0 Å². The Hall–Kier alpha value is -0.300. The van der Waals surface area contributed by atoms with E-state index in [1.54, 1.807) is 0 Å². The molecule has 1 saturated heterocycles. The monoisotopic (exact) mass is 395 g/mol. The lowest BCUT2D eigenvalue weighted by Gasteiger charge is -2.41. The molecule has 4 atom stereocenters. The number of piperazine rings is 1. The van der Waals surface area contributed by atoms with Crippen LogP contribution in [0.1, 0.15) is 51.4 Å². The molecule has 4 rings (SSSR count). The highest BCUT2D eigenvalue weighted by Crippen LogP contribution is 2.44. The maximum Gasteiger partial charge on any atom is 0.104 e. The van der Waals surface area contributed by atoms with Crippen LogP contribution in [0.25, 0.3) is 0 Å². The van der Waals surface area contributed by atoms with Gasteiger partial charge in [0.1, 0.15) is 5.84 Å². The van der Waals surface area contributed by atoms with Crippen molar-refractivity contribution >= 4 is 17.6 Å². The lowest BCUT2D eigenvalue weighted by molar-refractivity contribution is 0.0646. The molecular formula is C21H37N3O2S. The molecule has 0 aromatic rings. The third-order valence-electron chi connectivity index (χ3n) is 6.83. The van der Waals surface area contributed by atoms with Crippen LogP contribution in [-0.2, 0) is 4.74 Å². The molecule has 0 radical (unpaired) electrons. The fourth-order valence-electron chi connectivity index (χ4n) is 5.31. The molecule has 0 amide bonds. The van der Waals surface area contributed by atoms with Gasteiger partial charge in [-0.2, -0.15) is 11.8 Å². The van der Waals surface area contributed by atoms with Crippen molar-refractivity contribution in [2.75, 3.05) is 52.5 Å². The van der Waals surface area contributed by atoms with Crippen molar-refractivity contribution in [1.82, 2.24) is 9.80 Å². The molecule has 3 fully saturated rings. The molecule has 154 valence electrons. The number of aliphatic hydroxyl groups is 1. The number of hydrogen-bond donors (Lipinski definition) is 1. The van der Waals surface area contributed by atoms with Gasteiger partial charge in [-0.05, 0) is 25.7 Å². The topological polar surface area (TPSA) is 48.3 Å². The van der Waals surface area contributed by atoms with Gasteiger partial charge in [0.25, 0.3) is 0 Å². The Morgan fingerprint density at radius 3 is 2.48 bits per heavy atom. The number of nitrogens with zero attached hydrogens (tertiary/aromatic N) is 3. The summed E-state index contributed by atoms with van der Waals surface area (Å²) in [7, 11) is 0. The SMILES string of the molecule is OCCOCCN1CCN(C2=NC3CCCCC3SC3CCCCC23)CC1. The molecule has 2 saturated carbocycles. The standard InChI is InChI=1S/C21H37N3O2S/c25-14-16-26-15-13-23-9-11-24(12-10-23)21-17-5-1-3-7-19(17)27-20-8-4-2-6-18(20)22-21/h17-20,25H,1-16H2. The molecule has 4 unspecified atom stereocenters. The smallest absolute Gasteiger partial charge is 0.104 e. The maximum absolute atomic E-state index is 8.82. The molecule has 2 heterocycles. The third-order valence-corrected chi connectivity index (χ3v) is 8.65. The highest BCUT2D eigenvalue weighted by atomic mass is 32.2. The van der Waals surface area contributed by atoms with E-state index in [0.717, 1.165) is 49.8 Å². The van der Waals surface area contributed by atoms with Crippen molar-refractivity contribution in [3.8, 4) is 0 Å². The quantitative estimate of drug-likeness (QED) is 0.725. The first-order valence-electron chi connectivity index (χ1n) is 11.2. The van der Waals surface area contributed by atoms with Crippen molar-refractivity contribution in [1.29, 1.82) is 0 Å². The molecule has 0 aromatic carbocycles. The van der Waals surface area contributed by atoms with E-state index in [4.69, 9.17) is 14.8 Å². The third kappa shape index (κ3) is 5.01. The van der Waals surface area contributed by atoms with Crippen molar-refractivity contribution in [2.24, 2.45) is 10.9 Å². The van der Waals surface area contributed by atoms with Gasteiger partial charge in [0, 0.05) is 49.1 Å². The van der Waals surface area contributed by atoms with Crippen LogP contribution in [0.5, 0.6) is 0 Å². The van der Waals surface area contributed by atoms with Crippen LogP contribution in [0.4, 0.5) is 0 Å². The van der Waals surface area contributed by atoms with Gasteiger partial charge < -0.3 is 14.7 Å². The Kier molecular flexibility index (Phi) is 7.37. The van der Waals surface area contributed by atoms with E-state index in [9.17, 15) is 0 Å². The van der Waals surface area contributed by atoms with E-state index in [1.165, 1.54) is 57.2 Å². The van der Waals surface area contributed by atoms with Crippen LogP contribution in [0.15, 0.2) is 4.99 Å². The minimum absolute atomic E-state index is 0.121. The fraction of sp³-hybridized carbons (Fsp3) is 0.952. The lowest BCUT2D eigenvalue weighted by atomic mass is 9.86. The largest absolute Gasteiger partial charge is 0.394 e. The summed E-state index contributed by atoms with van der Waals surface area (Å²) in [5.74, 6) is 2.19. The molecule has 1 N–H and O–H groups in total. The lowest BCUT2D eigenvalue weighted by Crippen LogP contribution is -2.52. The van der Waals surface area contributed by atoms with Crippen LogP contribution in [0.3, 0.4) is 0 Å². The molecule has 6 heteroatoms. The number of amidine groups is 1. The van der Waals surface area contributed by atoms with Crippen LogP contribution >= 0.6 is 11.8 Å². The van der Waals surface area contributed by atoms with Gasteiger partial charge in [0.15, 0.2) is 0 Å². The molecule has 4 aliphatic rings. The van der Waals surface area contributed by atoms with Crippen LogP contribution in [0, 0.1) is 5.92 Å². The van der Waals surface area contributed by atoms with E-state index < -0.39 is 0 Å². The van der Waals surface area contributed by atoms with E-state index in [0.29, 0.717) is 18.6 Å². The van der Waals surface area contributed by atoms with Crippen molar-refractivity contribution < 1.29 is 9.84 Å². The second-order valence-corrected chi connectivity index (χ2v) is 10.1. The van der Waals surface area contributed by atoms with Gasteiger partial charge >= 0.3 is 0 Å². The summed E-state index contributed by atoms with van der Waals surface area (Å²) >= 11 is 2.32. The first-order valence-corrected chi connectivity index (χ1v) is 12.2. The van der Waals surface area contributed by atoms with E-state index in [-0.39, 0.29) is 6.61 Å². The summed E-state index contributed by atoms with van der Waals surface area (Å²) in [6.45, 7) is 6.74. The van der Waals surface area contributed by atoms with Gasteiger partial charge in [0.05, 0.1) is 25.9 Å². The molecular weight excluding hydrogens is 358 g/mol. The number of ether oxygens (including phenoxy) is 1. The highest BCUT2D eigenvalue weighted by Gasteiger charge is 2.40. The zero-order chi connectivity index (χ0) is 18.5. The number of rotatable bonds is 5. The molecule has 2 aliphatic carbocycles. The zero-order valence-electron chi connectivity index (χ0n) is 16.7. The Balaban J connectivity index is 1.39. The first-order chi connectivity index (χ1) is 13.3. The summed E-state index contributed by atoms with van der Waals surface area (Å²) in [6.07, 6.45) is 11.0. The molecule has 0 bridgehead atoms. The average Bonchev–Trinajstić information content (AvgIpc) is 2.88. The molecule has 27 heavy (non-hydrogen) atoms. The minimum Gasteiger partial charge on any atom is -0.394 e. The number of fused-ring (bicyclic) bond motifs is 2. The van der Waals surface area contributed by atoms with Crippen LogP contribution in [0.2, 0.25) is 0 Å². The Bertz CT molecular complexity index is 496. The highest BCUT2D eigenvalue weighted by molar-refractivity contribution is 8.00. The normalized spacial score (nSPS) is 35.1. The van der Waals surface area contributed by atoms with E-state index in [2.05, 4.69) is 21.6 Å². The second kappa shape index (κ2) is 9.95. The molecule has 5 nitrogen and oxygen atoms in total. The number of thioether (sulfide) groups is 1. The predicted octanol–water partition coefficient (Wildman–Crippen LogP) is 2.63. The Morgan fingerprint density at radius 2 is 1.67 bits per heavy atom. The van der Waals surface area contributed by atoms with Crippen LogP contribution in [-0.4, -0.2) is 89.8 Å². The summed E-state index contributed by atoms with van der Waals surface area (Å²) in [5.41, 5.74) is 0. The molecule has 0 spiro atoms. The van der Waals surface area contributed by atoms with Crippen molar-refractivity contribution in [2.45, 2.75) is 67.9 Å².